The summed E-state index contributed by atoms with van der Waals surface area (Å²) in [6, 6.07) is 0. The topological polar surface area (TPSA) is 46.2 Å². The molecule has 3 nitrogen and oxygen atoms in total. The Balaban J connectivity index is 2.76. The van der Waals surface area contributed by atoms with Crippen molar-refractivity contribution in [3.8, 4) is 11.8 Å². The van der Waals surface area contributed by atoms with Crippen LogP contribution in [-0.4, -0.2) is 20.5 Å². The van der Waals surface area contributed by atoms with Gasteiger partial charge in [-0.3, -0.25) is 0 Å². The van der Waals surface area contributed by atoms with Crippen LogP contribution in [0.4, 0.5) is 13.2 Å². The zero-order chi connectivity index (χ0) is 13.2. The van der Waals surface area contributed by atoms with Gasteiger partial charge in [0, 0.05) is 12.0 Å². The number of alkyl halides is 3. The fourth-order valence-electron chi connectivity index (χ4n) is 1.07. The van der Waals surface area contributed by atoms with Gasteiger partial charge in [-0.2, -0.15) is 13.2 Å². The third-order valence-corrected chi connectivity index (χ3v) is 3.26. The summed E-state index contributed by atoms with van der Waals surface area (Å²) in [6.45, 7) is 1.21. The highest BCUT2D eigenvalue weighted by molar-refractivity contribution is 7.90. The Morgan fingerprint density at radius 2 is 1.71 bits per heavy atom. The van der Waals surface area contributed by atoms with Crippen LogP contribution in [0.5, 0.6) is 0 Å². The molecule has 0 fully saturated rings. The fraction of sp³-hybridized carbons (Fsp3) is 0.400. The van der Waals surface area contributed by atoms with Crippen LogP contribution in [-0.2, 0) is 10.0 Å². The van der Waals surface area contributed by atoms with Crippen molar-refractivity contribution in [3.63, 3.8) is 0 Å². The summed E-state index contributed by atoms with van der Waals surface area (Å²) in [4.78, 5) is 0. The Hall–Kier alpha value is -1.26. The highest BCUT2D eigenvalue weighted by Crippen LogP contribution is 2.25. The van der Waals surface area contributed by atoms with Gasteiger partial charge in [0.15, 0.2) is 0 Å². The smallest absolute Gasteiger partial charge is 0.206 e. The molecule has 1 aliphatic carbocycles. The zero-order valence-corrected chi connectivity index (χ0v) is 9.69. The van der Waals surface area contributed by atoms with Gasteiger partial charge in [0.2, 0.25) is 0 Å². The summed E-state index contributed by atoms with van der Waals surface area (Å²) in [6.07, 6.45) is 6.04. The molecule has 0 radical (unpaired) electrons. The van der Waals surface area contributed by atoms with Gasteiger partial charge in [0.1, 0.15) is 0 Å². The molecule has 1 aliphatic rings. The molecule has 1 N–H and O–H groups in total. The lowest BCUT2D eigenvalue weighted by Crippen LogP contribution is -2.41. The average molecular weight is 265 g/mol. The standard InChI is InChI=1S/C10H10F3NO2S/c1-9(6-4-2-3-5-7-9)8-14-17(15,16)10(11,12)13/h4-7,14H,8H2,1H3. The number of hydrogen-bond donors (Lipinski definition) is 1. The predicted molar refractivity (Wildman–Crippen MR) is 57.1 cm³/mol. The van der Waals surface area contributed by atoms with Gasteiger partial charge in [-0.15, -0.1) is 0 Å². The quantitative estimate of drug-likeness (QED) is 0.787. The third kappa shape index (κ3) is 3.61. The predicted octanol–water partition coefficient (Wildman–Crippen LogP) is 1.56. The number of sulfonamides is 1. The zero-order valence-electron chi connectivity index (χ0n) is 8.88. The van der Waals surface area contributed by atoms with Crippen LogP contribution in [0.15, 0.2) is 24.3 Å². The lowest BCUT2D eigenvalue weighted by molar-refractivity contribution is -0.0448. The first-order valence-corrected chi connectivity index (χ1v) is 6.07. The normalized spacial score (nSPS) is 18.4. The highest BCUT2D eigenvalue weighted by Gasteiger charge is 2.46. The maximum Gasteiger partial charge on any atom is 0.511 e. The molecule has 1 rings (SSSR count). The molecule has 0 atom stereocenters. The molecule has 0 heterocycles. The van der Waals surface area contributed by atoms with Crippen LogP contribution in [0.3, 0.4) is 0 Å². The highest BCUT2D eigenvalue weighted by atomic mass is 32.2. The van der Waals surface area contributed by atoms with Gasteiger partial charge in [-0.25, -0.2) is 13.1 Å². The minimum absolute atomic E-state index is 0.384. The summed E-state index contributed by atoms with van der Waals surface area (Å²) in [5, 5.41) is 0. The van der Waals surface area contributed by atoms with E-state index >= 15 is 0 Å². The Bertz CT molecular complexity index is 488. The van der Waals surface area contributed by atoms with E-state index in [1.54, 1.807) is 19.1 Å². The molecule has 17 heavy (non-hydrogen) atoms. The number of allylic oxidation sites excluding steroid dienone is 2. The average Bonchev–Trinajstić information content (AvgIpc) is 2.40. The molecule has 0 aromatic carbocycles. The Morgan fingerprint density at radius 3 is 2.12 bits per heavy atom. The number of nitrogens with one attached hydrogen (secondary N) is 1. The second-order valence-corrected chi connectivity index (χ2v) is 5.49. The molecule has 94 valence electrons. The number of rotatable bonds is 3. The van der Waals surface area contributed by atoms with Crippen LogP contribution < -0.4 is 4.72 Å². The lowest BCUT2D eigenvalue weighted by atomic mass is 9.90. The second kappa shape index (κ2) is 4.55. The van der Waals surface area contributed by atoms with Crippen molar-refractivity contribution in [2.24, 2.45) is 5.41 Å². The second-order valence-electron chi connectivity index (χ2n) is 3.73. The molecular formula is C10H10F3NO2S. The van der Waals surface area contributed by atoms with Crippen molar-refractivity contribution in [2.45, 2.75) is 12.4 Å². The van der Waals surface area contributed by atoms with E-state index in [4.69, 9.17) is 0 Å². The van der Waals surface area contributed by atoms with Crippen LogP contribution in [0.25, 0.3) is 0 Å². The third-order valence-electron chi connectivity index (χ3n) is 2.13. The van der Waals surface area contributed by atoms with Gasteiger partial charge in [0.05, 0.1) is 0 Å². The maximum atomic E-state index is 12.1. The van der Waals surface area contributed by atoms with E-state index < -0.39 is 20.9 Å². The largest absolute Gasteiger partial charge is 0.511 e. The monoisotopic (exact) mass is 265 g/mol. The maximum absolute atomic E-state index is 12.1. The van der Waals surface area contributed by atoms with E-state index in [0.29, 0.717) is 0 Å². The molecule has 7 heteroatoms. The van der Waals surface area contributed by atoms with Crippen molar-refractivity contribution in [1.29, 1.82) is 0 Å². The van der Waals surface area contributed by atoms with Gasteiger partial charge in [0.25, 0.3) is 0 Å². The van der Waals surface area contributed by atoms with Gasteiger partial charge >= 0.3 is 15.5 Å². The van der Waals surface area contributed by atoms with Crippen molar-refractivity contribution >= 4 is 10.0 Å². The van der Waals surface area contributed by atoms with Gasteiger partial charge in [-0.1, -0.05) is 30.9 Å². The minimum atomic E-state index is -5.31. The SMILES string of the molecule is CC1(CNS(=O)(=O)C(F)(F)F)C=CC#CC=C1. The summed E-state index contributed by atoms with van der Waals surface area (Å²) >= 11 is 0. The Labute approximate surface area is 97.4 Å². The minimum Gasteiger partial charge on any atom is -0.206 e. The molecule has 0 amide bonds. The molecule has 0 spiro atoms. The van der Waals surface area contributed by atoms with E-state index in [-0.39, 0.29) is 6.54 Å². The van der Waals surface area contributed by atoms with Crippen LogP contribution in [0, 0.1) is 17.3 Å². The molecule has 0 bridgehead atoms. The molecule has 0 aromatic heterocycles. The summed E-state index contributed by atoms with van der Waals surface area (Å²) < 4.78 is 59.4. The van der Waals surface area contributed by atoms with E-state index in [1.807, 2.05) is 0 Å². The van der Waals surface area contributed by atoms with Crippen LogP contribution >= 0.6 is 0 Å². The van der Waals surface area contributed by atoms with E-state index in [2.05, 4.69) is 11.8 Å². The van der Waals surface area contributed by atoms with Gasteiger partial charge in [-0.05, 0) is 12.2 Å². The van der Waals surface area contributed by atoms with Gasteiger partial charge < -0.3 is 0 Å². The number of halogens is 3. The van der Waals surface area contributed by atoms with Crippen molar-refractivity contribution < 1.29 is 21.6 Å². The Kier molecular flexibility index (Phi) is 3.69. The number of hydrogen-bond acceptors (Lipinski definition) is 2. The summed E-state index contributed by atoms with van der Waals surface area (Å²) in [7, 11) is -5.31. The first-order chi connectivity index (χ1) is 7.66. The summed E-state index contributed by atoms with van der Waals surface area (Å²) in [5.74, 6) is 5.23. The van der Waals surface area contributed by atoms with Crippen molar-refractivity contribution in [2.75, 3.05) is 6.54 Å². The summed E-state index contributed by atoms with van der Waals surface area (Å²) in [5.41, 5.74) is -6.13. The molecule has 0 saturated carbocycles. The fourth-order valence-corrected chi connectivity index (χ4v) is 1.73. The van der Waals surface area contributed by atoms with E-state index in [9.17, 15) is 21.6 Å². The molecule has 0 unspecified atom stereocenters. The first-order valence-electron chi connectivity index (χ1n) is 4.59. The van der Waals surface area contributed by atoms with Crippen molar-refractivity contribution in [3.05, 3.63) is 24.3 Å². The molecular weight excluding hydrogens is 255 g/mol. The molecule has 0 aliphatic heterocycles. The van der Waals surface area contributed by atoms with Crippen LogP contribution in [0.1, 0.15) is 6.92 Å². The van der Waals surface area contributed by atoms with E-state index in [1.165, 1.54) is 16.9 Å². The molecule has 0 aromatic rings. The Morgan fingerprint density at radius 1 is 1.24 bits per heavy atom. The lowest BCUT2D eigenvalue weighted by Gasteiger charge is -2.21. The van der Waals surface area contributed by atoms with E-state index in [0.717, 1.165) is 0 Å². The van der Waals surface area contributed by atoms with Crippen LogP contribution in [0.2, 0.25) is 0 Å². The molecule has 0 saturated heterocycles. The van der Waals surface area contributed by atoms with Crippen molar-refractivity contribution in [1.82, 2.24) is 4.72 Å². The first kappa shape index (κ1) is 13.8.